The first-order chi connectivity index (χ1) is 8.56. The van der Waals surface area contributed by atoms with Gasteiger partial charge in [0.1, 0.15) is 11.5 Å². The van der Waals surface area contributed by atoms with Crippen LogP contribution in [0.25, 0.3) is 0 Å². The maximum absolute atomic E-state index is 12.0. The van der Waals surface area contributed by atoms with Crippen molar-refractivity contribution in [3.63, 3.8) is 0 Å². The summed E-state index contributed by atoms with van der Waals surface area (Å²) in [5.74, 6) is 1.60. The van der Waals surface area contributed by atoms with E-state index in [0.29, 0.717) is 17.9 Å². The van der Waals surface area contributed by atoms with E-state index in [1.54, 1.807) is 27.3 Å². The molecule has 1 N–H and O–H groups in total. The lowest BCUT2D eigenvalue weighted by Gasteiger charge is -2.18. The van der Waals surface area contributed by atoms with Gasteiger partial charge in [0.05, 0.1) is 26.3 Å². The third-order valence-corrected chi connectivity index (χ3v) is 2.80. The normalized spacial score (nSPS) is 10.6. The van der Waals surface area contributed by atoms with E-state index in [-0.39, 0.29) is 11.7 Å². The van der Waals surface area contributed by atoms with Gasteiger partial charge in [-0.3, -0.25) is 4.79 Å². The Bertz CT molecular complexity index is 427. The monoisotopic (exact) mass is 251 g/mol. The molecule has 1 aromatic rings. The number of benzene rings is 1. The number of hydrogen-bond acceptors (Lipinski definition) is 4. The lowest BCUT2D eigenvalue weighted by Crippen LogP contribution is -2.19. The lowest BCUT2D eigenvalue weighted by molar-refractivity contribution is 0.0990. The zero-order chi connectivity index (χ0) is 13.7. The minimum Gasteiger partial charge on any atom is -0.496 e. The van der Waals surface area contributed by atoms with Crippen molar-refractivity contribution in [1.82, 2.24) is 5.32 Å². The number of rotatable bonds is 6. The Morgan fingerprint density at radius 1 is 1.28 bits per heavy atom. The predicted octanol–water partition coefficient (Wildman–Crippen LogP) is 2.23. The van der Waals surface area contributed by atoms with Gasteiger partial charge in [-0.2, -0.15) is 0 Å². The molecule has 0 saturated heterocycles. The van der Waals surface area contributed by atoms with Crippen LogP contribution in [-0.4, -0.2) is 33.6 Å². The van der Waals surface area contributed by atoms with E-state index in [4.69, 9.17) is 9.47 Å². The summed E-state index contributed by atoms with van der Waals surface area (Å²) in [6, 6.07) is 3.57. The van der Waals surface area contributed by atoms with Crippen LogP contribution in [0.2, 0.25) is 0 Å². The Kier molecular flexibility index (Phi) is 5.16. The predicted molar refractivity (Wildman–Crippen MR) is 71.9 cm³/mol. The molecular weight excluding hydrogens is 230 g/mol. The molecular formula is C14H21NO3. The molecule has 0 bridgehead atoms. The molecule has 0 aliphatic heterocycles. The quantitative estimate of drug-likeness (QED) is 0.788. The lowest BCUT2D eigenvalue weighted by atomic mass is 9.96. The van der Waals surface area contributed by atoms with Crippen LogP contribution in [0.1, 0.15) is 35.7 Å². The van der Waals surface area contributed by atoms with Gasteiger partial charge < -0.3 is 14.8 Å². The summed E-state index contributed by atoms with van der Waals surface area (Å²) in [6.45, 7) is 4.39. The average molecular weight is 251 g/mol. The molecule has 0 aliphatic carbocycles. The maximum atomic E-state index is 12.0. The highest BCUT2D eigenvalue weighted by molar-refractivity contribution is 6.00. The van der Waals surface area contributed by atoms with Crippen molar-refractivity contribution in [2.45, 2.75) is 19.8 Å². The molecule has 0 aromatic heterocycles. The first kappa shape index (κ1) is 14.5. The van der Waals surface area contributed by atoms with Crippen LogP contribution in [0.15, 0.2) is 12.1 Å². The number of likely N-dealkylation sites (N-methyl/N-ethyl adjacent to an activating group) is 1. The number of hydrogen-bond donors (Lipinski definition) is 1. The van der Waals surface area contributed by atoms with Crippen LogP contribution in [0.4, 0.5) is 0 Å². The Hall–Kier alpha value is -1.55. The number of carbonyl (C=O) groups is 1. The standard InChI is InChI=1S/C14H21NO3/c1-9(2)13-12(17-4)7-6-10(14(13)18-5)11(16)8-15-3/h6-7,9,15H,8H2,1-5H3. The van der Waals surface area contributed by atoms with Crippen LogP contribution >= 0.6 is 0 Å². The van der Waals surface area contributed by atoms with Crippen LogP contribution in [0.3, 0.4) is 0 Å². The highest BCUT2D eigenvalue weighted by atomic mass is 16.5. The van der Waals surface area contributed by atoms with E-state index in [0.717, 1.165) is 11.3 Å². The van der Waals surface area contributed by atoms with Gasteiger partial charge in [-0.25, -0.2) is 0 Å². The molecule has 4 heteroatoms. The molecule has 18 heavy (non-hydrogen) atoms. The molecule has 1 aromatic carbocycles. The summed E-state index contributed by atoms with van der Waals surface area (Å²) in [5.41, 5.74) is 1.53. The van der Waals surface area contributed by atoms with Crippen LogP contribution < -0.4 is 14.8 Å². The molecule has 0 heterocycles. The van der Waals surface area contributed by atoms with Crippen LogP contribution in [0, 0.1) is 0 Å². The van der Waals surface area contributed by atoms with Gasteiger partial charge in [0.2, 0.25) is 0 Å². The van der Waals surface area contributed by atoms with Gasteiger partial charge in [0.25, 0.3) is 0 Å². The molecule has 0 saturated carbocycles. The SMILES string of the molecule is CNCC(=O)c1ccc(OC)c(C(C)C)c1OC. The van der Waals surface area contributed by atoms with Gasteiger partial charge in [0.15, 0.2) is 5.78 Å². The average Bonchev–Trinajstić information content (AvgIpc) is 2.36. The third kappa shape index (κ3) is 2.82. The first-order valence-electron chi connectivity index (χ1n) is 5.99. The summed E-state index contributed by atoms with van der Waals surface area (Å²) >= 11 is 0. The van der Waals surface area contributed by atoms with Crippen molar-refractivity contribution in [2.24, 2.45) is 0 Å². The number of ketones is 1. The van der Waals surface area contributed by atoms with E-state index in [1.165, 1.54) is 0 Å². The third-order valence-electron chi connectivity index (χ3n) is 2.80. The van der Waals surface area contributed by atoms with Crippen molar-refractivity contribution in [3.8, 4) is 11.5 Å². The van der Waals surface area contributed by atoms with Crippen LogP contribution in [0.5, 0.6) is 11.5 Å². The topological polar surface area (TPSA) is 47.6 Å². The summed E-state index contributed by atoms with van der Waals surface area (Å²) in [4.78, 5) is 12.0. The van der Waals surface area contributed by atoms with E-state index in [1.807, 2.05) is 19.9 Å². The molecule has 0 unspecified atom stereocenters. The van der Waals surface area contributed by atoms with Crippen molar-refractivity contribution in [1.29, 1.82) is 0 Å². The molecule has 1 rings (SSSR count). The van der Waals surface area contributed by atoms with E-state index < -0.39 is 0 Å². The summed E-state index contributed by atoms with van der Waals surface area (Å²) in [5, 5.41) is 2.86. The smallest absolute Gasteiger partial charge is 0.180 e. The Morgan fingerprint density at radius 2 is 1.94 bits per heavy atom. The summed E-state index contributed by atoms with van der Waals surface area (Å²) in [7, 11) is 4.95. The molecule has 0 aliphatic rings. The Balaban J connectivity index is 3.37. The van der Waals surface area contributed by atoms with Gasteiger partial charge >= 0.3 is 0 Å². The maximum Gasteiger partial charge on any atom is 0.180 e. The Labute approximate surface area is 108 Å². The van der Waals surface area contributed by atoms with Gasteiger partial charge in [-0.1, -0.05) is 13.8 Å². The largest absolute Gasteiger partial charge is 0.496 e. The van der Waals surface area contributed by atoms with Gasteiger partial charge in [0, 0.05) is 5.56 Å². The summed E-state index contributed by atoms with van der Waals surface area (Å²) in [6.07, 6.45) is 0. The van der Waals surface area contributed by atoms with Crippen molar-refractivity contribution in [3.05, 3.63) is 23.3 Å². The second-order valence-electron chi connectivity index (χ2n) is 4.37. The molecule has 0 fully saturated rings. The number of Topliss-reactive ketones (excluding diaryl/α,β-unsaturated/α-hetero) is 1. The van der Waals surface area contributed by atoms with E-state index >= 15 is 0 Å². The molecule has 100 valence electrons. The minimum atomic E-state index is 0.0129. The number of methoxy groups -OCH3 is 2. The second kappa shape index (κ2) is 6.40. The molecule has 0 atom stereocenters. The second-order valence-corrected chi connectivity index (χ2v) is 4.37. The highest BCUT2D eigenvalue weighted by Crippen LogP contribution is 2.37. The number of ether oxygens (including phenoxy) is 2. The molecule has 0 amide bonds. The number of carbonyl (C=O) groups excluding carboxylic acids is 1. The van der Waals surface area contributed by atoms with Crippen molar-refractivity contribution >= 4 is 5.78 Å². The van der Waals surface area contributed by atoms with Gasteiger partial charge in [-0.15, -0.1) is 0 Å². The van der Waals surface area contributed by atoms with E-state index in [2.05, 4.69) is 5.32 Å². The van der Waals surface area contributed by atoms with Crippen LogP contribution in [-0.2, 0) is 0 Å². The number of nitrogens with one attached hydrogen (secondary N) is 1. The fourth-order valence-corrected chi connectivity index (χ4v) is 2.00. The summed E-state index contributed by atoms with van der Waals surface area (Å²) < 4.78 is 10.8. The van der Waals surface area contributed by atoms with Crippen molar-refractivity contribution < 1.29 is 14.3 Å². The molecule has 0 radical (unpaired) electrons. The minimum absolute atomic E-state index is 0.0129. The first-order valence-corrected chi connectivity index (χ1v) is 5.99. The highest BCUT2D eigenvalue weighted by Gasteiger charge is 2.21. The Morgan fingerprint density at radius 3 is 2.39 bits per heavy atom. The van der Waals surface area contributed by atoms with Gasteiger partial charge in [-0.05, 0) is 25.1 Å². The fourth-order valence-electron chi connectivity index (χ4n) is 2.00. The van der Waals surface area contributed by atoms with Crippen molar-refractivity contribution in [2.75, 3.05) is 27.8 Å². The zero-order valence-corrected chi connectivity index (χ0v) is 11.7. The fraction of sp³-hybridized carbons (Fsp3) is 0.500. The molecule has 4 nitrogen and oxygen atoms in total. The zero-order valence-electron chi connectivity index (χ0n) is 11.7. The molecule has 0 spiro atoms. The van der Waals surface area contributed by atoms with E-state index in [9.17, 15) is 4.79 Å².